The zero-order chi connectivity index (χ0) is 20.2. The Kier molecular flexibility index (Phi) is 9.15. The van der Waals surface area contributed by atoms with E-state index in [-0.39, 0.29) is 6.10 Å². The number of aliphatic imine (C=N–C) groups is 1. The Bertz CT molecular complexity index is 721. The van der Waals surface area contributed by atoms with E-state index in [0.29, 0.717) is 6.54 Å². The molecule has 0 heterocycles. The average molecular weight is 385 g/mol. The zero-order valence-electron chi connectivity index (χ0n) is 17.3. The minimum Gasteiger partial charge on any atom is -0.493 e. The largest absolute Gasteiger partial charge is 0.493 e. The first-order chi connectivity index (χ1) is 13.6. The van der Waals surface area contributed by atoms with Gasteiger partial charge in [-0.2, -0.15) is 0 Å². The summed E-state index contributed by atoms with van der Waals surface area (Å²) in [5.41, 5.74) is 1.31. The highest BCUT2D eigenvalue weighted by Crippen LogP contribution is 2.26. The molecule has 0 amide bonds. The number of nitrogens with zero attached hydrogens (tertiary/aromatic N) is 2. The molecule has 2 aromatic rings. The molecule has 152 valence electrons. The highest BCUT2D eigenvalue weighted by Gasteiger charge is 2.09. The van der Waals surface area contributed by atoms with Crippen molar-refractivity contribution in [1.82, 2.24) is 15.5 Å². The lowest BCUT2D eigenvalue weighted by atomic mass is 10.2. The normalized spacial score (nSPS) is 12.5. The van der Waals surface area contributed by atoms with Crippen LogP contribution in [-0.2, 0) is 6.54 Å². The van der Waals surface area contributed by atoms with Crippen molar-refractivity contribution in [2.75, 3.05) is 40.8 Å². The molecular weight excluding hydrogens is 352 g/mol. The maximum absolute atomic E-state index is 5.96. The summed E-state index contributed by atoms with van der Waals surface area (Å²) in [6.45, 7) is 5.31. The maximum atomic E-state index is 5.96. The molecule has 2 N–H and O–H groups in total. The third kappa shape index (κ3) is 7.48. The summed E-state index contributed by atoms with van der Waals surface area (Å²) in [4.78, 5) is 6.56. The molecule has 2 aromatic carbocycles. The quantitative estimate of drug-likeness (QED) is 0.487. The predicted octanol–water partition coefficient (Wildman–Crippen LogP) is 2.76. The molecular formula is C22H32N4O2. The van der Waals surface area contributed by atoms with E-state index >= 15 is 0 Å². The fraction of sp³-hybridized carbons (Fsp3) is 0.409. The Morgan fingerprint density at radius 1 is 1.04 bits per heavy atom. The number of likely N-dealkylation sites (N-methyl/N-ethyl adjacent to an activating group) is 1. The Morgan fingerprint density at radius 2 is 1.71 bits per heavy atom. The molecule has 28 heavy (non-hydrogen) atoms. The van der Waals surface area contributed by atoms with E-state index in [1.165, 1.54) is 5.56 Å². The van der Waals surface area contributed by atoms with Gasteiger partial charge in [0.05, 0.1) is 13.7 Å². The van der Waals surface area contributed by atoms with Gasteiger partial charge >= 0.3 is 0 Å². The van der Waals surface area contributed by atoms with Gasteiger partial charge < -0.3 is 25.0 Å². The van der Waals surface area contributed by atoms with Crippen LogP contribution >= 0.6 is 0 Å². The number of methoxy groups -OCH3 is 1. The van der Waals surface area contributed by atoms with Crippen molar-refractivity contribution in [1.29, 1.82) is 0 Å². The van der Waals surface area contributed by atoms with Gasteiger partial charge in [-0.15, -0.1) is 0 Å². The van der Waals surface area contributed by atoms with Gasteiger partial charge in [0, 0.05) is 26.7 Å². The van der Waals surface area contributed by atoms with Crippen LogP contribution in [-0.4, -0.2) is 57.8 Å². The van der Waals surface area contributed by atoms with E-state index in [1.807, 2.05) is 37.3 Å². The van der Waals surface area contributed by atoms with Gasteiger partial charge in [0.25, 0.3) is 0 Å². The minimum atomic E-state index is -0.0318. The first-order valence-electron chi connectivity index (χ1n) is 9.59. The lowest BCUT2D eigenvalue weighted by molar-refractivity contribution is 0.213. The first-order valence-corrected chi connectivity index (χ1v) is 9.59. The molecule has 6 heteroatoms. The zero-order valence-corrected chi connectivity index (χ0v) is 17.3. The monoisotopic (exact) mass is 384 g/mol. The molecule has 0 aliphatic heterocycles. The van der Waals surface area contributed by atoms with Crippen LogP contribution in [0.4, 0.5) is 0 Å². The fourth-order valence-electron chi connectivity index (χ4n) is 2.77. The van der Waals surface area contributed by atoms with E-state index < -0.39 is 0 Å². The van der Waals surface area contributed by atoms with Gasteiger partial charge in [-0.3, -0.25) is 4.99 Å². The Morgan fingerprint density at radius 3 is 2.39 bits per heavy atom. The number of guanidine groups is 1. The van der Waals surface area contributed by atoms with Gasteiger partial charge in [0.1, 0.15) is 6.10 Å². The van der Waals surface area contributed by atoms with Crippen molar-refractivity contribution in [2.24, 2.45) is 4.99 Å². The van der Waals surface area contributed by atoms with Crippen LogP contribution in [0.1, 0.15) is 12.5 Å². The standard InChI is InChI=1S/C22H32N4O2/c1-18(28-21-13-9-8-12-20(21)27-4)16-25-22(23-2)24-14-15-26(3)17-19-10-6-5-7-11-19/h5-13,18H,14-17H2,1-4H3,(H2,23,24,25). The molecule has 1 atom stereocenters. The van der Waals surface area contributed by atoms with Gasteiger partial charge in [0.2, 0.25) is 0 Å². The maximum Gasteiger partial charge on any atom is 0.191 e. The van der Waals surface area contributed by atoms with E-state index in [9.17, 15) is 0 Å². The van der Waals surface area contributed by atoms with E-state index in [4.69, 9.17) is 9.47 Å². The van der Waals surface area contributed by atoms with Gasteiger partial charge in [0.15, 0.2) is 17.5 Å². The van der Waals surface area contributed by atoms with E-state index in [0.717, 1.165) is 37.1 Å². The summed E-state index contributed by atoms with van der Waals surface area (Å²) in [5.74, 6) is 2.24. The SMILES string of the molecule is CN=C(NCCN(C)Cc1ccccc1)NCC(C)Oc1ccccc1OC. The van der Waals surface area contributed by atoms with Crippen molar-refractivity contribution < 1.29 is 9.47 Å². The third-order valence-electron chi connectivity index (χ3n) is 4.26. The Hall–Kier alpha value is -2.73. The average Bonchev–Trinajstić information content (AvgIpc) is 2.71. The molecule has 0 radical (unpaired) electrons. The molecule has 0 aliphatic carbocycles. The molecule has 0 saturated carbocycles. The summed E-state index contributed by atoms with van der Waals surface area (Å²) >= 11 is 0. The summed E-state index contributed by atoms with van der Waals surface area (Å²) in [6.07, 6.45) is -0.0318. The van der Waals surface area contributed by atoms with Gasteiger partial charge in [-0.1, -0.05) is 42.5 Å². The second-order valence-corrected chi connectivity index (χ2v) is 6.68. The van der Waals surface area contributed by atoms with Crippen LogP contribution < -0.4 is 20.1 Å². The Balaban J connectivity index is 1.69. The minimum absolute atomic E-state index is 0.0318. The van der Waals surface area contributed by atoms with Crippen molar-refractivity contribution in [2.45, 2.75) is 19.6 Å². The van der Waals surface area contributed by atoms with Crippen molar-refractivity contribution >= 4 is 5.96 Å². The second kappa shape index (κ2) is 11.9. The molecule has 0 aliphatic rings. The number of nitrogens with one attached hydrogen (secondary N) is 2. The van der Waals surface area contributed by atoms with E-state index in [2.05, 4.69) is 51.8 Å². The predicted molar refractivity (Wildman–Crippen MR) is 115 cm³/mol. The van der Waals surface area contributed by atoms with Crippen LogP contribution in [0.25, 0.3) is 0 Å². The van der Waals surface area contributed by atoms with Crippen LogP contribution in [0.2, 0.25) is 0 Å². The van der Waals surface area contributed by atoms with Crippen LogP contribution in [0.15, 0.2) is 59.6 Å². The molecule has 0 aromatic heterocycles. The van der Waals surface area contributed by atoms with Crippen LogP contribution in [0.5, 0.6) is 11.5 Å². The van der Waals surface area contributed by atoms with Crippen molar-refractivity contribution in [3.05, 3.63) is 60.2 Å². The molecule has 0 fully saturated rings. The molecule has 1 unspecified atom stereocenters. The van der Waals surface area contributed by atoms with Crippen LogP contribution in [0, 0.1) is 0 Å². The highest BCUT2D eigenvalue weighted by atomic mass is 16.5. The summed E-state index contributed by atoms with van der Waals surface area (Å²) in [5, 5.41) is 6.65. The molecule has 0 saturated heterocycles. The number of hydrogen-bond donors (Lipinski definition) is 2. The molecule has 0 bridgehead atoms. The lowest BCUT2D eigenvalue weighted by Crippen LogP contribution is -2.44. The summed E-state index contributed by atoms with van der Waals surface area (Å²) in [7, 11) is 5.54. The van der Waals surface area contributed by atoms with E-state index in [1.54, 1.807) is 14.2 Å². The Labute approximate surface area is 168 Å². The number of para-hydroxylation sites is 2. The fourth-order valence-corrected chi connectivity index (χ4v) is 2.77. The smallest absolute Gasteiger partial charge is 0.191 e. The first kappa shape index (κ1) is 21.6. The number of ether oxygens (including phenoxy) is 2. The third-order valence-corrected chi connectivity index (χ3v) is 4.26. The van der Waals surface area contributed by atoms with Crippen molar-refractivity contribution in [3.8, 4) is 11.5 Å². The summed E-state index contributed by atoms with van der Waals surface area (Å²) in [6, 6.07) is 18.1. The molecule has 6 nitrogen and oxygen atoms in total. The van der Waals surface area contributed by atoms with Crippen molar-refractivity contribution in [3.63, 3.8) is 0 Å². The number of benzene rings is 2. The summed E-state index contributed by atoms with van der Waals surface area (Å²) < 4.78 is 11.3. The molecule has 2 rings (SSSR count). The van der Waals surface area contributed by atoms with Gasteiger partial charge in [-0.05, 0) is 31.7 Å². The molecule has 0 spiro atoms. The number of hydrogen-bond acceptors (Lipinski definition) is 4. The number of rotatable bonds is 10. The van der Waals surface area contributed by atoms with Gasteiger partial charge in [-0.25, -0.2) is 0 Å². The lowest BCUT2D eigenvalue weighted by Gasteiger charge is -2.20. The van der Waals surface area contributed by atoms with Crippen LogP contribution in [0.3, 0.4) is 0 Å². The highest BCUT2D eigenvalue weighted by molar-refractivity contribution is 5.79. The topological polar surface area (TPSA) is 58.1 Å². The second-order valence-electron chi connectivity index (χ2n) is 6.68.